The van der Waals surface area contributed by atoms with E-state index in [1.54, 1.807) is 6.07 Å². The number of alkyl halides is 3. The van der Waals surface area contributed by atoms with Crippen LogP contribution < -0.4 is 0 Å². The summed E-state index contributed by atoms with van der Waals surface area (Å²) in [6.45, 7) is 7.91. The van der Waals surface area contributed by atoms with E-state index in [9.17, 15) is 13.2 Å². The van der Waals surface area contributed by atoms with Gasteiger partial charge in [-0.2, -0.15) is 13.2 Å². The minimum absolute atomic E-state index is 0.138. The molecule has 2 aliphatic heterocycles. The number of hydrogen-bond donors (Lipinski definition) is 0. The Labute approximate surface area is 177 Å². The van der Waals surface area contributed by atoms with Crippen molar-refractivity contribution in [3.8, 4) is 0 Å². The number of aryl methyl sites for hydroxylation is 1. The molecule has 5 heteroatoms. The summed E-state index contributed by atoms with van der Waals surface area (Å²) >= 11 is 0. The van der Waals surface area contributed by atoms with Gasteiger partial charge in [-0.1, -0.05) is 54.4 Å². The molecule has 2 aromatic rings. The molecule has 0 aliphatic carbocycles. The highest BCUT2D eigenvalue weighted by Gasteiger charge is 2.37. The maximum absolute atomic E-state index is 13.3. The normalized spacial score (nSPS) is 23.7. The first-order valence-electron chi connectivity index (χ1n) is 11.1. The Morgan fingerprint density at radius 2 is 1.67 bits per heavy atom. The maximum atomic E-state index is 13.3. The van der Waals surface area contributed by atoms with Crippen LogP contribution in [0.2, 0.25) is 0 Å². The van der Waals surface area contributed by atoms with Crippen LogP contribution in [0.1, 0.15) is 47.4 Å². The Morgan fingerprint density at radius 1 is 0.900 bits per heavy atom. The van der Waals surface area contributed by atoms with E-state index in [-0.39, 0.29) is 5.92 Å². The van der Waals surface area contributed by atoms with E-state index >= 15 is 0 Å². The summed E-state index contributed by atoms with van der Waals surface area (Å²) in [5.74, 6) is 0.496. The molecule has 0 amide bonds. The summed E-state index contributed by atoms with van der Waals surface area (Å²) in [5.41, 5.74) is 2.81. The molecule has 4 rings (SSSR count). The van der Waals surface area contributed by atoms with E-state index in [0.29, 0.717) is 5.92 Å². The zero-order valence-electron chi connectivity index (χ0n) is 17.7. The Balaban J connectivity index is 1.55. The molecular weight excluding hydrogens is 385 g/mol. The highest BCUT2D eigenvalue weighted by atomic mass is 19.4. The molecule has 0 saturated carbocycles. The number of piperidine rings is 1. The molecule has 2 atom stereocenters. The van der Waals surface area contributed by atoms with Crippen LogP contribution in [0, 0.1) is 12.8 Å². The van der Waals surface area contributed by atoms with Crippen molar-refractivity contribution in [3.05, 3.63) is 70.8 Å². The van der Waals surface area contributed by atoms with Crippen molar-refractivity contribution >= 4 is 0 Å². The summed E-state index contributed by atoms with van der Waals surface area (Å²) in [6.07, 6.45) is -0.544. The highest BCUT2D eigenvalue weighted by molar-refractivity contribution is 5.30. The van der Waals surface area contributed by atoms with Crippen LogP contribution in [0.4, 0.5) is 13.2 Å². The standard InChI is InChI=1S/C25H31F3N2/c1-19-7-5-8-20(13-19)15-30-17-22(16-29-11-3-2-4-12-29)24(18-30)21-9-6-10-23(14-21)25(26,27)28/h5-10,13-14,22,24H,2-4,11-12,15-18H2,1H3/t22-,24-/m1/s1. The van der Waals surface area contributed by atoms with Crippen molar-refractivity contribution < 1.29 is 13.2 Å². The summed E-state index contributed by atoms with van der Waals surface area (Å²) in [4.78, 5) is 4.94. The van der Waals surface area contributed by atoms with Gasteiger partial charge < -0.3 is 4.90 Å². The minimum atomic E-state index is -4.29. The largest absolute Gasteiger partial charge is 0.416 e. The second-order valence-electron chi connectivity index (χ2n) is 9.03. The fraction of sp³-hybridized carbons (Fsp3) is 0.520. The third-order valence-electron chi connectivity index (χ3n) is 6.59. The van der Waals surface area contributed by atoms with Crippen LogP contribution in [-0.2, 0) is 12.7 Å². The molecule has 0 unspecified atom stereocenters. The van der Waals surface area contributed by atoms with Gasteiger partial charge in [0, 0.05) is 32.1 Å². The van der Waals surface area contributed by atoms with Crippen LogP contribution in [0.15, 0.2) is 48.5 Å². The van der Waals surface area contributed by atoms with Gasteiger partial charge in [0.25, 0.3) is 0 Å². The average Bonchev–Trinajstić information content (AvgIpc) is 3.10. The topological polar surface area (TPSA) is 6.48 Å². The third kappa shape index (κ3) is 5.25. The van der Waals surface area contributed by atoms with Gasteiger partial charge in [-0.3, -0.25) is 4.90 Å². The summed E-state index contributed by atoms with van der Waals surface area (Å²) < 4.78 is 39.9. The molecule has 2 fully saturated rings. The molecular formula is C25H31F3N2. The first-order valence-corrected chi connectivity index (χ1v) is 11.1. The van der Waals surface area contributed by atoms with E-state index < -0.39 is 11.7 Å². The smallest absolute Gasteiger partial charge is 0.303 e. The van der Waals surface area contributed by atoms with Gasteiger partial charge in [-0.05, 0) is 56.0 Å². The molecule has 30 heavy (non-hydrogen) atoms. The lowest BCUT2D eigenvalue weighted by atomic mass is 9.87. The molecule has 2 saturated heterocycles. The third-order valence-corrected chi connectivity index (χ3v) is 6.59. The summed E-state index contributed by atoms with van der Waals surface area (Å²) in [7, 11) is 0. The Hall–Kier alpha value is -1.85. The van der Waals surface area contributed by atoms with E-state index in [0.717, 1.165) is 44.8 Å². The Bertz CT molecular complexity index is 842. The van der Waals surface area contributed by atoms with E-state index in [1.165, 1.54) is 42.5 Å². The van der Waals surface area contributed by atoms with Gasteiger partial charge in [0.05, 0.1) is 5.56 Å². The number of halogens is 3. The van der Waals surface area contributed by atoms with Gasteiger partial charge >= 0.3 is 6.18 Å². The van der Waals surface area contributed by atoms with Crippen molar-refractivity contribution in [2.24, 2.45) is 5.92 Å². The molecule has 2 nitrogen and oxygen atoms in total. The quantitative estimate of drug-likeness (QED) is 0.616. The van der Waals surface area contributed by atoms with Crippen LogP contribution in [-0.4, -0.2) is 42.5 Å². The van der Waals surface area contributed by atoms with Gasteiger partial charge in [0.15, 0.2) is 0 Å². The van der Waals surface area contributed by atoms with Crippen LogP contribution in [0.25, 0.3) is 0 Å². The maximum Gasteiger partial charge on any atom is 0.416 e. The predicted molar refractivity (Wildman–Crippen MR) is 114 cm³/mol. The van der Waals surface area contributed by atoms with Gasteiger partial charge in [-0.25, -0.2) is 0 Å². The monoisotopic (exact) mass is 416 g/mol. The molecule has 0 N–H and O–H groups in total. The highest BCUT2D eigenvalue weighted by Crippen LogP contribution is 2.37. The molecule has 0 radical (unpaired) electrons. The number of nitrogens with zero attached hydrogens (tertiary/aromatic N) is 2. The van der Waals surface area contributed by atoms with Gasteiger partial charge in [-0.15, -0.1) is 0 Å². The second-order valence-corrected chi connectivity index (χ2v) is 9.03. The van der Waals surface area contributed by atoms with Crippen LogP contribution in [0.5, 0.6) is 0 Å². The van der Waals surface area contributed by atoms with Crippen molar-refractivity contribution in [1.82, 2.24) is 9.80 Å². The van der Waals surface area contributed by atoms with Crippen molar-refractivity contribution in [2.75, 3.05) is 32.7 Å². The first kappa shape index (κ1) is 21.4. The summed E-state index contributed by atoms with van der Waals surface area (Å²) in [5, 5.41) is 0. The number of benzene rings is 2. The minimum Gasteiger partial charge on any atom is -0.303 e. The lowest BCUT2D eigenvalue weighted by molar-refractivity contribution is -0.137. The first-order chi connectivity index (χ1) is 14.4. The fourth-order valence-corrected chi connectivity index (χ4v) is 5.14. The molecule has 2 heterocycles. The van der Waals surface area contributed by atoms with E-state index in [4.69, 9.17) is 0 Å². The lowest BCUT2D eigenvalue weighted by Gasteiger charge is -2.31. The molecule has 0 aromatic heterocycles. The molecule has 2 aromatic carbocycles. The predicted octanol–water partition coefficient (Wildman–Crippen LogP) is 5.72. The van der Waals surface area contributed by atoms with Crippen molar-refractivity contribution in [1.29, 1.82) is 0 Å². The summed E-state index contributed by atoms with van der Waals surface area (Å²) in [6, 6.07) is 14.5. The zero-order valence-corrected chi connectivity index (χ0v) is 17.7. The van der Waals surface area contributed by atoms with E-state index in [2.05, 4.69) is 41.0 Å². The van der Waals surface area contributed by atoms with Gasteiger partial charge in [0.1, 0.15) is 0 Å². The van der Waals surface area contributed by atoms with Crippen LogP contribution >= 0.6 is 0 Å². The molecule has 2 aliphatic rings. The Morgan fingerprint density at radius 3 is 2.40 bits per heavy atom. The van der Waals surface area contributed by atoms with Crippen LogP contribution in [0.3, 0.4) is 0 Å². The lowest BCUT2D eigenvalue weighted by Crippen LogP contribution is -2.36. The number of likely N-dealkylation sites (tertiary alicyclic amines) is 2. The average molecular weight is 417 g/mol. The second kappa shape index (κ2) is 9.11. The Kier molecular flexibility index (Phi) is 6.49. The van der Waals surface area contributed by atoms with E-state index in [1.807, 2.05) is 6.07 Å². The number of rotatable bonds is 5. The molecule has 0 bridgehead atoms. The van der Waals surface area contributed by atoms with Gasteiger partial charge in [0.2, 0.25) is 0 Å². The van der Waals surface area contributed by atoms with Crippen molar-refractivity contribution in [3.63, 3.8) is 0 Å². The number of hydrogen-bond acceptors (Lipinski definition) is 2. The zero-order chi connectivity index (χ0) is 21.1. The van der Waals surface area contributed by atoms with Crippen molar-refractivity contribution in [2.45, 2.75) is 44.8 Å². The molecule has 162 valence electrons. The molecule has 0 spiro atoms. The SMILES string of the molecule is Cc1cccc(CN2C[C@@H](CN3CCCCC3)[C@@H](c3cccc(C(F)(F)F)c3)C2)c1. The fourth-order valence-electron chi connectivity index (χ4n) is 5.14.